The predicted octanol–water partition coefficient (Wildman–Crippen LogP) is 4.50. The van der Waals surface area contributed by atoms with E-state index in [-0.39, 0.29) is 0 Å². The molecular formula is C6H14I2Zr. The Balaban J connectivity index is 3.43. The van der Waals surface area contributed by atoms with Gasteiger partial charge in [-0.25, -0.2) is 0 Å². The van der Waals surface area contributed by atoms with E-state index in [1.807, 2.05) is 0 Å². The molecule has 0 unspecified atom stereocenters. The number of hydrogen-bond acceptors (Lipinski definition) is 0. The second-order valence-corrected chi connectivity index (χ2v) is 45.7. The Hall–Kier alpha value is 2.34. The van der Waals surface area contributed by atoms with Gasteiger partial charge in [0.05, 0.1) is 0 Å². The summed E-state index contributed by atoms with van der Waals surface area (Å²) in [5, 5.41) is 0. The van der Waals surface area contributed by atoms with E-state index in [1.165, 1.54) is 12.8 Å². The number of hydrogen-bond donors (Lipinski definition) is 0. The van der Waals surface area contributed by atoms with Gasteiger partial charge in [-0.1, -0.05) is 0 Å². The van der Waals surface area contributed by atoms with Crippen LogP contribution >= 0.6 is 36.1 Å². The first-order valence-corrected chi connectivity index (χ1v) is 21.6. The predicted molar refractivity (Wildman–Crippen MR) is 58.2 cm³/mol. The van der Waals surface area contributed by atoms with Crippen LogP contribution in [-0.4, -0.2) is 0 Å². The van der Waals surface area contributed by atoms with Gasteiger partial charge in [-0.15, -0.1) is 0 Å². The Kier molecular flexibility index (Phi) is 7.47. The zero-order valence-electron chi connectivity index (χ0n) is 6.08. The van der Waals surface area contributed by atoms with Gasteiger partial charge in [0.15, 0.2) is 0 Å². The molecule has 0 aromatic heterocycles. The van der Waals surface area contributed by atoms with Crippen molar-refractivity contribution >= 4 is 36.1 Å². The minimum absolute atomic E-state index is 1.40. The van der Waals surface area contributed by atoms with Gasteiger partial charge in [0, 0.05) is 0 Å². The van der Waals surface area contributed by atoms with Crippen LogP contribution in [-0.2, 0) is 11.9 Å². The summed E-state index contributed by atoms with van der Waals surface area (Å²) < 4.78 is 3.12. The van der Waals surface area contributed by atoms with Crippen molar-refractivity contribution in [3.05, 3.63) is 0 Å². The van der Waals surface area contributed by atoms with Gasteiger partial charge in [-0.3, -0.25) is 0 Å². The molecule has 0 aromatic carbocycles. The van der Waals surface area contributed by atoms with Gasteiger partial charge < -0.3 is 0 Å². The molecule has 0 saturated carbocycles. The van der Waals surface area contributed by atoms with E-state index in [1.54, 1.807) is 8.26 Å². The van der Waals surface area contributed by atoms with Crippen molar-refractivity contribution < 1.29 is 11.9 Å². The summed E-state index contributed by atoms with van der Waals surface area (Å²) in [4.78, 5) is 0. The molecule has 0 rings (SSSR count). The van der Waals surface area contributed by atoms with Gasteiger partial charge in [0.25, 0.3) is 0 Å². The summed E-state index contributed by atoms with van der Waals surface area (Å²) in [5.74, 6) is 0. The molecule has 0 N–H and O–H groups in total. The summed E-state index contributed by atoms with van der Waals surface area (Å²) in [7, 11) is 0. The molecule has 0 fully saturated rings. The van der Waals surface area contributed by atoms with E-state index >= 15 is 0 Å². The van der Waals surface area contributed by atoms with Crippen LogP contribution in [0.3, 0.4) is 0 Å². The third-order valence-corrected chi connectivity index (χ3v) is 20.0. The van der Waals surface area contributed by atoms with E-state index < -0.39 is 11.9 Å². The fraction of sp³-hybridized carbons (Fsp3) is 1.00. The second kappa shape index (κ2) is 5.93. The van der Waals surface area contributed by atoms with Crippen molar-refractivity contribution in [3.63, 3.8) is 0 Å². The Labute approximate surface area is 81.3 Å². The molecule has 3 heteroatoms. The molecule has 0 aromatic rings. The Morgan fingerprint density at radius 2 is 1.33 bits per heavy atom. The minimum atomic E-state index is -1.43. The van der Waals surface area contributed by atoms with E-state index in [9.17, 15) is 0 Å². The van der Waals surface area contributed by atoms with E-state index in [4.69, 9.17) is 0 Å². The topological polar surface area (TPSA) is 0 Å². The molecule has 0 heterocycles. The van der Waals surface area contributed by atoms with Crippen molar-refractivity contribution in [2.75, 3.05) is 0 Å². The van der Waals surface area contributed by atoms with Crippen LogP contribution in [0, 0.1) is 0 Å². The van der Waals surface area contributed by atoms with E-state index in [2.05, 4.69) is 49.9 Å². The van der Waals surface area contributed by atoms with Crippen molar-refractivity contribution in [2.45, 2.75) is 34.9 Å². The van der Waals surface area contributed by atoms with Crippen LogP contribution in [0.25, 0.3) is 0 Å². The van der Waals surface area contributed by atoms with Gasteiger partial charge in [0.1, 0.15) is 0 Å². The molecular weight excluding hydrogens is 417 g/mol. The molecule has 0 amide bonds. The molecule has 56 valence electrons. The van der Waals surface area contributed by atoms with Crippen LogP contribution in [0.2, 0.25) is 8.26 Å². The summed E-state index contributed by atoms with van der Waals surface area (Å²) in [6.45, 7) is 4.61. The van der Waals surface area contributed by atoms with Crippen LogP contribution in [0.4, 0.5) is 0 Å². The average molecular weight is 431 g/mol. The SMILES string of the molecule is CC[CH2][Zr]([I])([I])[CH2]CC. The second-order valence-electron chi connectivity index (χ2n) is 2.36. The summed E-state index contributed by atoms with van der Waals surface area (Å²) in [6, 6.07) is 0. The average Bonchev–Trinajstić information content (AvgIpc) is 1.64. The molecule has 0 bridgehead atoms. The first kappa shape index (κ1) is 11.3. The molecule has 0 atom stereocenters. The molecule has 0 radical (unpaired) electrons. The fourth-order valence-electron chi connectivity index (χ4n) is 0.857. The van der Waals surface area contributed by atoms with Gasteiger partial charge in [-0.2, -0.15) is 0 Å². The van der Waals surface area contributed by atoms with Crippen molar-refractivity contribution in [1.29, 1.82) is 0 Å². The Morgan fingerprint density at radius 3 is 1.56 bits per heavy atom. The molecule has 0 aliphatic carbocycles. The zero-order chi connectivity index (χ0) is 7.33. The van der Waals surface area contributed by atoms with Crippen molar-refractivity contribution in [3.8, 4) is 0 Å². The van der Waals surface area contributed by atoms with Crippen LogP contribution in [0.5, 0.6) is 0 Å². The third kappa shape index (κ3) is 6.73. The molecule has 0 aliphatic rings. The summed E-state index contributed by atoms with van der Waals surface area (Å²) in [5.41, 5.74) is 0. The van der Waals surface area contributed by atoms with E-state index in [0.29, 0.717) is 0 Å². The van der Waals surface area contributed by atoms with Crippen LogP contribution in [0.15, 0.2) is 0 Å². The van der Waals surface area contributed by atoms with Crippen LogP contribution < -0.4 is 0 Å². The quantitative estimate of drug-likeness (QED) is 0.576. The molecule has 0 nitrogen and oxygen atoms in total. The number of halogens is 2. The summed E-state index contributed by atoms with van der Waals surface area (Å²) in [6.07, 6.45) is 2.81. The van der Waals surface area contributed by atoms with Crippen LogP contribution in [0.1, 0.15) is 26.7 Å². The molecule has 0 saturated heterocycles. The van der Waals surface area contributed by atoms with Gasteiger partial charge in [0.2, 0.25) is 0 Å². The maximum atomic E-state index is 2.77. The fourth-order valence-corrected chi connectivity index (χ4v) is 17.8. The Morgan fingerprint density at radius 1 is 1.00 bits per heavy atom. The molecule has 0 spiro atoms. The Bertz CT molecular complexity index is 65.5. The normalized spacial score (nSPS) is 12.0. The van der Waals surface area contributed by atoms with E-state index in [0.717, 1.165) is 0 Å². The third-order valence-electron chi connectivity index (χ3n) is 1.23. The first-order valence-electron chi connectivity index (χ1n) is 3.50. The van der Waals surface area contributed by atoms with Crippen molar-refractivity contribution in [2.24, 2.45) is 0 Å². The maximum absolute atomic E-state index is 2.77. The zero-order valence-corrected chi connectivity index (χ0v) is 12.9. The van der Waals surface area contributed by atoms with Gasteiger partial charge >= 0.3 is 82.9 Å². The summed E-state index contributed by atoms with van der Waals surface area (Å²) >= 11 is 4.11. The van der Waals surface area contributed by atoms with Crippen molar-refractivity contribution in [1.82, 2.24) is 0 Å². The monoisotopic (exact) mass is 430 g/mol. The molecule has 9 heavy (non-hydrogen) atoms. The number of rotatable bonds is 4. The molecule has 0 aliphatic heterocycles. The first-order chi connectivity index (χ1) is 4.12. The standard InChI is InChI=1S/2C3H7.2HI.Zr/c2*1-3-2;;;/h2*1,3H2,2H3;2*1H;/q;;;;+2/p-2. The van der Waals surface area contributed by atoms with Gasteiger partial charge in [-0.05, 0) is 0 Å².